The van der Waals surface area contributed by atoms with Gasteiger partial charge in [0.05, 0.1) is 16.9 Å². The molecule has 0 spiro atoms. The lowest BCUT2D eigenvalue weighted by atomic mass is 10.1. The highest BCUT2D eigenvalue weighted by Crippen LogP contribution is 2.35. The van der Waals surface area contributed by atoms with Gasteiger partial charge in [0.1, 0.15) is 12.6 Å². The van der Waals surface area contributed by atoms with Crippen molar-refractivity contribution in [2.45, 2.75) is 26.3 Å². The van der Waals surface area contributed by atoms with Crippen LogP contribution in [-0.2, 0) is 16.6 Å². The summed E-state index contributed by atoms with van der Waals surface area (Å²) in [6, 6.07) is 7.80. The van der Waals surface area contributed by atoms with Crippen LogP contribution in [-0.4, -0.2) is 32.7 Å². The molecule has 10 heteroatoms. The number of halogens is 2. The number of hydrogen-bond donors (Lipinski definition) is 1. The fraction of sp³-hybridized carbons (Fsp3) is 0.273. The molecule has 2 amide bonds. The van der Waals surface area contributed by atoms with E-state index in [1.165, 1.54) is 44.6 Å². The van der Waals surface area contributed by atoms with Gasteiger partial charge in [-0.3, -0.25) is 19.1 Å². The second kappa shape index (κ2) is 8.03. The molecule has 1 N–H and O–H groups in total. The van der Waals surface area contributed by atoms with E-state index >= 15 is 0 Å². The van der Waals surface area contributed by atoms with Crippen molar-refractivity contribution in [1.82, 2.24) is 14.3 Å². The Balaban J connectivity index is 1.71. The number of carbonyl (C=O) groups excluding carboxylic acids is 2. The molecule has 166 valence electrons. The monoisotopic (exact) mass is 441 g/mol. The lowest BCUT2D eigenvalue weighted by Gasteiger charge is -2.24. The number of aryl methyl sites for hydroxylation is 1. The molecule has 0 aliphatic carbocycles. The molecule has 1 aliphatic rings. The molecule has 1 aliphatic heterocycles. The van der Waals surface area contributed by atoms with Gasteiger partial charge in [-0.15, -0.1) is 0 Å². The topological polar surface area (TPSA) is 89.2 Å². The minimum absolute atomic E-state index is 0.158. The van der Waals surface area contributed by atoms with Crippen LogP contribution in [0.5, 0.6) is 0 Å². The van der Waals surface area contributed by atoms with Crippen molar-refractivity contribution in [2.24, 2.45) is 7.05 Å². The molecule has 0 fully saturated rings. The number of carbonyl (C=O) groups is 2. The van der Waals surface area contributed by atoms with E-state index in [9.17, 15) is 23.2 Å². The Morgan fingerprint density at radius 1 is 1.19 bits per heavy atom. The Kier molecular flexibility index (Phi) is 5.37. The quantitative estimate of drug-likeness (QED) is 0.674. The van der Waals surface area contributed by atoms with Crippen molar-refractivity contribution in [1.29, 1.82) is 0 Å². The van der Waals surface area contributed by atoms with Gasteiger partial charge in [-0.2, -0.15) is 5.10 Å². The number of benzene rings is 1. The summed E-state index contributed by atoms with van der Waals surface area (Å²) in [7, 11) is 1.63. The number of fused-ring (bicyclic) bond motifs is 3. The van der Waals surface area contributed by atoms with Crippen LogP contribution in [0.4, 0.5) is 20.2 Å². The van der Waals surface area contributed by atoms with Gasteiger partial charge in [0.25, 0.3) is 17.9 Å². The maximum Gasteiger partial charge on any atom is 0.263 e. The molecule has 0 saturated carbocycles. The van der Waals surface area contributed by atoms with Crippen molar-refractivity contribution < 1.29 is 18.4 Å². The third kappa shape index (κ3) is 3.57. The number of pyridine rings is 1. The Morgan fingerprint density at radius 2 is 1.88 bits per heavy atom. The van der Waals surface area contributed by atoms with Crippen LogP contribution < -0.4 is 15.8 Å². The van der Waals surface area contributed by atoms with Crippen LogP contribution in [0.25, 0.3) is 11.3 Å². The summed E-state index contributed by atoms with van der Waals surface area (Å²) in [6.07, 6.45) is -1.09. The number of anilines is 2. The van der Waals surface area contributed by atoms with E-state index in [0.29, 0.717) is 22.8 Å². The second-order valence-corrected chi connectivity index (χ2v) is 7.64. The highest BCUT2D eigenvalue weighted by Gasteiger charge is 2.35. The summed E-state index contributed by atoms with van der Waals surface area (Å²) in [6.45, 7) is 3.03. The van der Waals surface area contributed by atoms with Crippen LogP contribution >= 0.6 is 0 Å². The van der Waals surface area contributed by atoms with Crippen molar-refractivity contribution in [2.75, 3.05) is 16.8 Å². The van der Waals surface area contributed by atoms with Gasteiger partial charge in [-0.25, -0.2) is 8.78 Å². The summed E-state index contributed by atoms with van der Waals surface area (Å²) in [5.74, 6) is -0.927. The molecule has 3 aromatic rings. The van der Waals surface area contributed by atoms with Crippen LogP contribution in [0.15, 0.2) is 47.4 Å². The zero-order valence-corrected chi connectivity index (χ0v) is 17.7. The molecule has 8 nitrogen and oxygen atoms in total. The molecule has 0 radical (unpaired) electrons. The maximum absolute atomic E-state index is 13.3. The number of nitrogens with zero attached hydrogens (tertiary/aromatic N) is 4. The molecule has 4 rings (SSSR count). The molecular weight excluding hydrogens is 420 g/mol. The summed E-state index contributed by atoms with van der Waals surface area (Å²) in [5.41, 5.74) is 1.57. The van der Waals surface area contributed by atoms with Crippen molar-refractivity contribution in [3.8, 4) is 11.3 Å². The molecule has 1 aromatic carbocycles. The number of nitrogens with one attached hydrogen (secondary N) is 1. The van der Waals surface area contributed by atoms with E-state index in [1.54, 1.807) is 33.0 Å². The van der Waals surface area contributed by atoms with Crippen molar-refractivity contribution in [3.05, 3.63) is 64.2 Å². The van der Waals surface area contributed by atoms with E-state index in [0.717, 1.165) is 0 Å². The lowest BCUT2D eigenvalue weighted by molar-refractivity contribution is -0.123. The zero-order chi connectivity index (χ0) is 23.2. The van der Waals surface area contributed by atoms with E-state index in [-0.39, 0.29) is 23.2 Å². The van der Waals surface area contributed by atoms with Gasteiger partial charge < -0.3 is 14.8 Å². The first-order valence-electron chi connectivity index (χ1n) is 9.93. The van der Waals surface area contributed by atoms with Crippen LogP contribution in [0.2, 0.25) is 0 Å². The predicted octanol–water partition coefficient (Wildman–Crippen LogP) is 3.04. The smallest absolute Gasteiger partial charge is 0.263 e. The fourth-order valence-electron chi connectivity index (χ4n) is 3.75. The van der Waals surface area contributed by atoms with Gasteiger partial charge in [0.2, 0.25) is 5.91 Å². The minimum Gasteiger partial charge on any atom is -0.325 e. The molecule has 2 aromatic heterocycles. The second-order valence-electron chi connectivity index (χ2n) is 7.64. The van der Waals surface area contributed by atoms with E-state index in [2.05, 4.69) is 10.4 Å². The average Bonchev–Trinajstić information content (AvgIpc) is 3.21. The van der Waals surface area contributed by atoms with Gasteiger partial charge in [-0.05, 0) is 38.1 Å². The predicted molar refractivity (Wildman–Crippen MR) is 115 cm³/mol. The molecule has 1 unspecified atom stereocenters. The van der Waals surface area contributed by atoms with Crippen LogP contribution in [0.1, 0.15) is 30.6 Å². The summed E-state index contributed by atoms with van der Waals surface area (Å²) >= 11 is 0. The van der Waals surface area contributed by atoms with Gasteiger partial charge >= 0.3 is 0 Å². The van der Waals surface area contributed by atoms with Gasteiger partial charge in [-0.1, -0.05) is 12.1 Å². The summed E-state index contributed by atoms with van der Waals surface area (Å²) in [4.78, 5) is 40.4. The Labute approximate surface area is 182 Å². The van der Waals surface area contributed by atoms with E-state index in [1.807, 2.05) is 0 Å². The van der Waals surface area contributed by atoms with Crippen LogP contribution in [0.3, 0.4) is 0 Å². The summed E-state index contributed by atoms with van der Waals surface area (Å²) in [5, 5.41) is 6.82. The Bertz CT molecular complexity index is 1260. The van der Waals surface area contributed by atoms with E-state index < -0.39 is 24.3 Å². The largest absolute Gasteiger partial charge is 0.325 e. The standard InChI is InChI=1S/C22H21F2N5O3/c1-12-10-17-19(22(32)27(12)3)16-8-9-25-29(16)13(2)21(31)28(17)11-18(30)26-15-6-4-14(5-7-15)20(23)24/h4-10,13,20H,11H2,1-3H3,(H,26,30). The Morgan fingerprint density at radius 3 is 2.53 bits per heavy atom. The molecule has 3 heterocycles. The summed E-state index contributed by atoms with van der Waals surface area (Å²) < 4.78 is 28.4. The number of amides is 2. The number of rotatable bonds is 4. The number of alkyl halides is 2. The number of hydrogen-bond acceptors (Lipinski definition) is 4. The normalized spacial score (nSPS) is 15.4. The molecule has 1 atom stereocenters. The van der Waals surface area contributed by atoms with Crippen molar-refractivity contribution >= 4 is 23.2 Å². The first-order valence-corrected chi connectivity index (χ1v) is 9.93. The van der Waals surface area contributed by atoms with Gasteiger partial charge in [0, 0.05) is 30.2 Å². The third-order valence-corrected chi connectivity index (χ3v) is 5.60. The van der Waals surface area contributed by atoms with E-state index in [4.69, 9.17) is 0 Å². The lowest BCUT2D eigenvalue weighted by Crippen LogP contribution is -2.41. The van der Waals surface area contributed by atoms with Crippen molar-refractivity contribution in [3.63, 3.8) is 0 Å². The molecular formula is C22H21F2N5O3. The number of aromatic nitrogens is 3. The SMILES string of the molecule is Cc1cc2c(c(=O)n1C)-c1ccnn1C(C)C(=O)N2CC(=O)Nc1ccc(C(F)F)cc1. The highest BCUT2D eigenvalue weighted by atomic mass is 19.3. The molecule has 0 bridgehead atoms. The van der Waals surface area contributed by atoms with Crippen LogP contribution in [0, 0.1) is 6.92 Å². The highest BCUT2D eigenvalue weighted by molar-refractivity contribution is 6.07. The average molecular weight is 441 g/mol. The third-order valence-electron chi connectivity index (χ3n) is 5.60. The zero-order valence-electron chi connectivity index (χ0n) is 17.7. The first-order chi connectivity index (χ1) is 15.2. The molecule has 32 heavy (non-hydrogen) atoms. The Hall–Kier alpha value is -3.82. The molecule has 0 saturated heterocycles. The fourth-order valence-corrected chi connectivity index (χ4v) is 3.75. The minimum atomic E-state index is -2.61. The maximum atomic E-state index is 13.3. The van der Waals surface area contributed by atoms with Gasteiger partial charge in [0.15, 0.2) is 0 Å². The first kappa shape index (κ1) is 21.4.